The van der Waals surface area contributed by atoms with Gasteiger partial charge >= 0.3 is 5.97 Å². The molecule has 0 aliphatic rings. The predicted molar refractivity (Wildman–Crippen MR) is 63.8 cm³/mol. The average molecular weight is 254 g/mol. The van der Waals surface area contributed by atoms with Gasteiger partial charge in [0.1, 0.15) is 5.82 Å². The van der Waals surface area contributed by atoms with Gasteiger partial charge in [-0.15, -0.1) is 0 Å². The molecule has 0 heterocycles. The van der Waals surface area contributed by atoms with Gasteiger partial charge < -0.3 is 15.3 Å². The number of nitrogens with one attached hydrogen (secondary N) is 1. The predicted octanol–water partition coefficient (Wildman–Crippen LogP) is 0.702. The van der Waals surface area contributed by atoms with Crippen LogP contribution in [0.25, 0.3) is 0 Å². The van der Waals surface area contributed by atoms with Gasteiger partial charge in [-0.1, -0.05) is 6.07 Å². The summed E-state index contributed by atoms with van der Waals surface area (Å²) in [7, 11) is 3.29. The minimum absolute atomic E-state index is 0.0855. The van der Waals surface area contributed by atoms with E-state index in [-0.39, 0.29) is 18.0 Å². The normalized spacial score (nSPS) is 10.2. The van der Waals surface area contributed by atoms with Gasteiger partial charge in [0.15, 0.2) is 0 Å². The summed E-state index contributed by atoms with van der Waals surface area (Å²) in [6.07, 6.45) is 0. The van der Waals surface area contributed by atoms with Gasteiger partial charge in [0.25, 0.3) is 0 Å². The van der Waals surface area contributed by atoms with E-state index in [4.69, 9.17) is 5.11 Å². The van der Waals surface area contributed by atoms with Crippen molar-refractivity contribution in [3.8, 4) is 0 Å². The summed E-state index contributed by atoms with van der Waals surface area (Å²) in [5, 5.41) is 11.5. The van der Waals surface area contributed by atoms with Crippen molar-refractivity contribution in [1.29, 1.82) is 0 Å². The minimum atomic E-state index is -1.30. The molecular formula is C12H15FN2O3. The molecule has 6 heteroatoms. The number of hydrogen-bond acceptors (Lipinski definition) is 3. The maximum atomic E-state index is 13.3. The second kappa shape index (κ2) is 6.11. The molecule has 0 spiro atoms. The Morgan fingerprint density at radius 1 is 1.39 bits per heavy atom. The smallest absolute Gasteiger partial charge is 0.338 e. The fourth-order valence-corrected chi connectivity index (χ4v) is 1.31. The molecule has 1 rings (SSSR count). The van der Waals surface area contributed by atoms with Crippen molar-refractivity contribution in [3.05, 3.63) is 35.1 Å². The first-order valence-electron chi connectivity index (χ1n) is 5.34. The van der Waals surface area contributed by atoms with Crippen LogP contribution in [0.15, 0.2) is 18.2 Å². The van der Waals surface area contributed by atoms with E-state index in [0.29, 0.717) is 12.1 Å². The highest BCUT2D eigenvalue weighted by Gasteiger charge is 2.10. The number of rotatable bonds is 5. The Bertz CT molecular complexity index is 461. The summed E-state index contributed by atoms with van der Waals surface area (Å²) < 4.78 is 13.3. The van der Waals surface area contributed by atoms with E-state index >= 15 is 0 Å². The number of carbonyl (C=O) groups is 2. The number of carboxylic acid groups (broad SMARTS) is 1. The Kier molecular flexibility index (Phi) is 4.79. The van der Waals surface area contributed by atoms with Crippen molar-refractivity contribution < 1.29 is 19.1 Å². The molecule has 18 heavy (non-hydrogen) atoms. The third-order valence-electron chi connectivity index (χ3n) is 2.37. The van der Waals surface area contributed by atoms with Gasteiger partial charge in [-0.3, -0.25) is 4.79 Å². The molecule has 0 aromatic heterocycles. The second-order valence-electron chi connectivity index (χ2n) is 4.01. The summed E-state index contributed by atoms with van der Waals surface area (Å²) in [6.45, 7) is 0.450. The quantitative estimate of drug-likeness (QED) is 0.811. The SMILES string of the molecule is CN(C)C(=O)CNCc1ccc(C(=O)O)c(F)c1. The van der Waals surface area contributed by atoms with Crippen LogP contribution in [0.5, 0.6) is 0 Å². The van der Waals surface area contributed by atoms with Crippen LogP contribution in [-0.2, 0) is 11.3 Å². The zero-order chi connectivity index (χ0) is 13.7. The fourth-order valence-electron chi connectivity index (χ4n) is 1.31. The number of benzene rings is 1. The lowest BCUT2D eigenvalue weighted by Crippen LogP contribution is -2.32. The number of halogens is 1. The maximum Gasteiger partial charge on any atom is 0.338 e. The molecule has 0 bridgehead atoms. The standard InChI is InChI=1S/C12H15FN2O3/c1-15(2)11(16)7-14-6-8-3-4-9(12(17)18)10(13)5-8/h3-5,14H,6-7H2,1-2H3,(H,17,18). The first-order chi connectivity index (χ1) is 8.41. The minimum Gasteiger partial charge on any atom is -0.478 e. The lowest BCUT2D eigenvalue weighted by molar-refractivity contribution is -0.127. The van der Waals surface area contributed by atoms with E-state index in [2.05, 4.69) is 5.32 Å². The van der Waals surface area contributed by atoms with Crippen LogP contribution < -0.4 is 5.32 Å². The van der Waals surface area contributed by atoms with Gasteiger partial charge in [0.05, 0.1) is 12.1 Å². The molecule has 0 aliphatic heterocycles. The van der Waals surface area contributed by atoms with Crippen molar-refractivity contribution in [2.75, 3.05) is 20.6 Å². The fraction of sp³-hybridized carbons (Fsp3) is 0.333. The third kappa shape index (κ3) is 3.81. The Morgan fingerprint density at radius 2 is 2.06 bits per heavy atom. The van der Waals surface area contributed by atoms with Crippen molar-refractivity contribution >= 4 is 11.9 Å². The summed E-state index contributed by atoms with van der Waals surface area (Å²) in [5.41, 5.74) is 0.229. The molecule has 0 fully saturated rings. The van der Waals surface area contributed by atoms with E-state index in [1.165, 1.54) is 17.0 Å². The maximum absolute atomic E-state index is 13.3. The molecule has 5 nitrogen and oxygen atoms in total. The molecule has 0 radical (unpaired) electrons. The molecule has 1 aromatic carbocycles. The topological polar surface area (TPSA) is 69.6 Å². The number of aromatic carboxylic acids is 1. The van der Waals surface area contributed by atoms with Crippen LogP contribution in [-0.4, -0.2) is 42.5 Å². The monoisotopic (exact) mass is 254 g/mol. The van der Waals surface area contributed by atoms with E-state index in [9.17, 15) is 14.0 Å². The van der Waals surface area contributed by atoms with E-state index in [1.807, 2.05) is 0 Å². The van der Waals surface area contributed by atoms with E-state index in [0.717, 1.165) is 6.07 Å². The van der Waals surface area contributed by atoms with Crippen LogP contribution in [0.2, 0.25) is 0 Å². The van der Waals surface area contributed by atoms with E-state index < -0.39 is 11.8 Å². The Labute approximate surface area is 104 Å². The van der Waals surface area contributed by atoms with Gasteiger partial charge in [-0.05, 0) is 17.7 Å². The van der Waals surface area contributed by atoms with Crippen LogP contribution in [0.1, 0.15) is 15.9 Å². The largest absolute Gasteiger partial charge is 0.478 e. The van der Waals surface area contributed by atoms with Gasteiger partial charge in [-0.2, -0.15) is 0 Å². The number of carbonyl (C=O) groups excluding carboxylic acids is 1. The number of amides is 1. The molecule has 1 aromatic rings. The Hall–Kier alpha value is -1.95. The highest BCUT2D eigenvalue weighted by Crippen LogP contribution is 2.10. The molecule has 0 atom stereocenters. The van der Waals surface area contributed by atoms with Crippen LogP contribution in [0.4, 0.5) is 4.39 Å². The van der Waals surface area contributed by atoms with Crippen molar-refractivity contribution in [3.63, 3.8) is 0 Å². The van der Waals surface area contributed by atoms with Crippen molar-refractivity contribution in [1.82, 2.24) is 10.2 Å². The lowest BCUT2D eigenvalue weighted by atomic mass is 10.1. The summed E-state index contributed by atoms with van der Waals surface area (Å²) in [5.74, 6) is -2.16. The van der Waals surface area contributed by atoms with Gasteiger partial charge in [0, 0.05) is 20.6 Å². The summed E-state index contributed by atoms with van der Waals surface area (Å²) in [6, 6.07) is 3.87. The van der Waals surface area contributed by atoms with Crippen molar-refractivity contribution in [2.45, 2.75) is 6.54 Å². The highest BCUT2D eigenvalue weighted by molar-refractivity contribution is 5.87. The molecule has 0 aliphatic carbocycles. The molecule has 0 saturated carbocycles. The number of likely N-dealkylation sites (N-methyl/N-ethyl adjacent to an activating group) is 1. The molecule has 98 valence electrons. The molecule has 0 saturated heterocycles. The Morgan fingerprint density at radius 3 is 2.56 bits per heavy atom. The molecule has 1 amide bonds. The zero-order valence-corrected chi connectivity index (χ0v) is 10.2. The molecule has 2 N–H and O–H groups in total. The summed E-state index contributed by atoms with van der Waals surface area (Å²) >= 11 is 0. The first-order valence-corrected chi connectivity index (χ1v) is 5.34. The number of carboxylic acids is 1. The van der Waals surface area contributed by atoms with E-state index in [1.54, 1.807) is 14.1 Å². The van der Waals surface area contributed by atoms with Crippen LogP contribution in [0, 0.1) is 5.82 Å². The van der Waals surface area contributed by atoms with Crippen LogP contribution >= 0.6 is 0 Å². The molecular weight excluding hydrogens is 239 g/mol. The third-order valence-corrected chi connectivity index (χ3v) is 2.37. The zero-order valence-electron chi connectivity index (χ0n) is 10.2. The second-order valence-corrected chi connectivity index (χ2v) is 4.01. The van der Waals surface area contributed by atoms with Gasteiger partial charge in [0.2, 0.25) is 5.91 Å². The highest BCUT2D eigenvalue weighted by atomic mass is 19.1. The average Bonchev–Trinajstić information content (AvgIpc) is 2.28. The first kappa shape index (κ1) is 14.1. The van der Waals surface area contributed by atoms with Crippen LogP contribution in [0.3, 0.4) is 0 Å². The number of hydrogen-bond donors (Lipinski definition) is 2. The summed E-state index contributed by atoms with van der Waals surface area (Å²) in [4.78, 5) is 23.3. The Balaban J connectivity index is 2.57. The van der Waals surface area contributed by atoms with Crippen molar-refractivity contribution in [2.24, 2.45) is 0 Å². The lowest BCUT2D eigenvalue weighted by Gasteiger charge is -2.11. The number of nitrogens with zero attached hydrogens (tertiary/aromatic N) is 1. The van der Waals surface area contributed by atoms with Gasteiger partial charge in [-0.25, -0.2) is 9.18 Å². The molecule has 0 unspecified atom stereocenters.